The maximum Gasteiger partial charge on any atom is 0.0584 e. The Balaban J connectivity index is 0.000000500. The number of hydrogen-bond donors (Lipinski definition) is 2. The highest BCUT2D eigenvalue weighted by Crippen LogP contribution is 2.53. The Morgan fingerprint density at radius 3 is 2.60 bits per heavy atom. The molecule has 1 heterocycles. The first kappa shape index (κ1) is 8.31. The molecular formula is C7H14ClNO. The maximum absolute atomic E-state index is 8.76. The molecule has 10 heavy (non-hydrogen) atoms. The molecule has 0 bridgehead atoms. The first-order valence-corrected chi connectivity index (χ1v) is 3.61. The number of hydrogen-bond acceptors (Lipinski definition) is 2. The van der Waals surface area contributed by atoms with Crippen molar-refractivity contribution in [3.63, 3.8) is 0 Å². The average molecular weight is 164 g/mol. The second-order valence-electron chi connectivity index (χ2n) is 3.66. The third kappa shape index (κ3) is 1.04. The zero-order chi connectivity index (χ0) is 6.48. The molecule has 60 valence electrons. The van der Waals surface area contributed by atoms with Gasteiger partial charge in [0.25, 0.3) is 0 Å². The summed E-state index contributed by atoms with van der Waals surface area (Å²) in [4.78, 5) is 0. The van der Waals surface area contributed by atoms with Crippen LogP contribution in [0.4, 0.5) is 0 Å². The maximum atomic E-state index is 8.76. The molecule has 0 aromatic heterocycles. The smallest absolute Gasteiger partial charge is 0.0584 e. The largest absolute Gasteiger partial charge is 0.395 e. The predicted molar refractivity (Wildman–Crippen MR) is 42.4 cm³/mol. The average Bonchev–Trinajstić information content (AvgIpc) is 2.33. The molecule has 0 unspecified atom stereocenters. The van der Waals surface area contributed by atoms with Gasteiger partial charge in [0, 0.05) is 12.1 Å². The highest BCUT2D eigenvalue weighted by molar-refractivity contribution is 5.85. The fourth-order valence-electron chi connectivity index (χ4n) is 1.92. The van der Waals surface area contributed by atoms with Crippen molar-refractivity contribution in [2.45, 2.75) is 31.8 Å². The van der Waals surface area contributed by atoms with Crippen molar-refractivity contribution >= 4 is 12.4 Å². The van der Waals surface area contributed by atoms with Crippen molar-refractivity contribution in [3.8, 4) is 0 Å². The van der Waals surface area contributed by atoms with Crippen molar-refractivity contribution in [1.29, 1.82) is 0 Å². The van der Waals surface area contributed by atoms with Gasteiger partial charge in [0.2, 0.25) is 0 Å². The summed E-state index contributed by atoms with van der Waals surface area (Å²) >= 11 is 0. The van der Waals surface area contributed by atoms with Crippen molar-refractivity contribution in [3.05, 3.63) is 0 Å². The van der Waals surface area contributed by atoms with Crippen LogP contribution in [0.25, 0.3) is 0 Å². The summed E-state index contributed by atoms with van der Waals surface area (Å²) in [7, 11) is 0. The van der Waals surface area contributed by atoms with E-state index in [2.05, 4.69) is 12.2 Å². The fourth-order valence-corrected chi connectivity index (χ4v) is 1.92. The first-order chi connectivity index (χ1) is 4.24. The number of aliphatic hydroxyl groups is 1. The molecule has 2 aliphatic rings. The van der Waals surface area contributed by atoms with Gasteiger partial charge in [0.05, 0.1) is 6.61 Å². The molecule has 2 rings (SSSR count). The minimum absolute atomic E-state index is 0. The lowest BCUT2D eigenvalue weighted by atomic mass is 10.0. The summed E-state index contributed by atoms with van der Waals surface area (Å²) in [5, 5.41) is 12.1. The number of halogens is 1. The van der Waals surface area contributed by atoms with E-state index in [4.69, 9.17) is 5.11 Å². The van der Waals surface area contributed by atoms with Crippen LogP contribution in [0.5, 0.6) is 0 Å². The lowest BCUT2D eigenvalue weighted by Crippen LogP contribution is -2.28. The Morgan fingerprint density at radius 2 is 2.30 bits per heavy atom. The second-order valence-corrected chi connectivity index (χ2v) is 3.66. The summed E-state index contributed by atoms with van der Waals surface area (Å²) in [6.07, 6.45) is 2.50. The van der Waals surface area contributed by atoms with Gasteiger partial charge in [-0.3, -0.25) is 0 Å². The Bertz CT molecular complexity index is 142. The van der Waals surface area contributed by atoms with Crippen LogP contribution in [-0.4, -0.2) is 23.8 Å². The molecule has 1 aliphatic carbocycles. The van der Waals surface area contributed by atoms with E-state index in [0.29, 0.717) is 18.1 Å². The Kier molecular flexibility index (Phi) is 1.96. The van der Waals surface area contributed by atoms with Crippen LogP contribution in [0, 0.1) is 5.41 Å². The number of piperidine rings is 1. The number of aliphatic hydroxyl groups excluding tert-OH is 1. The van der Waals surface area contributed by atoms with Gasteiger partial charge in [0.15, 0.2) is 0 Å². The van der Waals surface area contributed by atoms with Crippen molar-refractivity contribution < 1.29 is 5.11 Å². The Hall–Kier alpha value is 0.210. The second kappa shape index (κ2) is 2.36. The van der Waals surface area contributed by atoms with Gasteiger partial charge in [0.1, 0.15) is 0 Å². The summed E-state index contributed by atoms with van der Waals surface area (Å²) in [5.41, 5.74) is 0.563. The standard InChI is InChI=1S/C7H13NO.ClH/c1-7-2-5(4-9)8-6(7)3-7;/h5-6,8-9H,2-4H2,1H3;1H/t5-,6+,7-;/m0./s1. The first-order valence-electron chi connectivity index (χ1n) is 3.61. The zero-order valence-electron chi connectivity index (χ0n) is 6.13. The van der Waals surface area contributed by atoms with Gasteiger partial charge in [-0.15, -0.1) is 12.4 Å². The zero-order valence-corrected chi connectivity index (χ0v) is 6.95. The number of fused-ring (bicyclic) bond motifs is 1. The van der Waals surface area contributed by atoms with Crippen LogP contribution in [0.3, 0.4) is 0 Å². The van der Waals surface area contributed by atoms with E-state index in [9.17, 15) is 0 Å². The quantitative estimate of drug-likeness (QED) is 0.592. The van der Waals surface area contributed by atoms with Gasteiger partial charge >= 0.3 is 0 Å². The lowest BCUT2D eigenvalue weighted by Gasteiger charge is -2.09. The predicted octanol–water partition coefficient (Wildman–Crippen LogP) is 0.541. The molecule has 1 aliphatic heterocycles. The summed E-state index contributed by atoms with van der Waals surface area (Å²) < 4.78 is 0. The van der Waals surface area contributed by atoms with Crippen molar-refractivity contribution in [1.82, 2.24) is 5.32 Å². The van der Waals surface area contributed by atoms with Crippen LogP contribution in [0.15, 0.2) is 0 Å². The van der Waals surface area contributed by atoms with E-state index < -0.39 is 0 Å². The van der Waals surface area contributed by atoms with Crippen molar-refractivity contribution in [2.75, 3.05) is 6.61 Å². The van der Waals surface area contributed by atoms with E-state index >= 15 is 0 Å². The van der Waals surface area contributed by atoms with Gasteiger partial charge in [-0.2, -0.15) is 0 Å². The molecule has 0 radical (unpaired) electrons. The van der Waals surface area contributed by atoms with Crippen LogP contribution in [0.1, 0.15) is 19.8 Å². The van der Waals surface area contributed by atoms with Gasteiger partial charge in [-0.05, 0) is 18.3 Å². The molecule has 0 aromatic carbocycles. The third-order valence-corrected chi connectivity index (χ3v) is 2.72. The molecular weight excluding hydrogens is 150 g/mol. The number of nitrogens with one attached hydrogen (secondary N) is 1. The monoisotopic (exact) mass is 163 g/mol. The highest BCUT2D eigenvalue weighted by atomic mass is 35.5. The SMILES string of the molecule is C[C@@]12C[C@@H](CO)N[C@@H]1C2.Cl. The van der Waals surface area contributed by atoms with Gasteiger partial charge < -0.3 is 10.4 Å². The molecule has 2 N–H and O–H groups in total. The van der Waals surface area contributed by atoms with Gasteiger partial charge in [-0.1, -0.05) is 6.92 Å². The van der Waals surface area contributed by atoms with Gasteiger partial charge in [-0.25, -0.2) is 0 Å². The minimum Gasteiger partial charge on any atom is -0.395 e. The molecule has 1 saturated carbocycles. The van der Waals surface area contributed by atoms with Crippen molar-refractivity contribution in [2.24, 2.45) is 5.41 Å². The lowest BCUT2D eigenvalue weighted by molar-refractivity contribution is 0.242. The number of rotatable bonds is 1. The normalized spacial score (nSPS) is 49.8. The highest BCUT2D eigenvalue weighted by Gasteiger charge is 2.56. The topological polar surface area (TPSA) is 32.3 Å². The van der Waals surface area contributed by atoms with Crippen LogP contribution >= 0.6 is 12.4 Å². The van der Waals surface area contributed by atoms with E-state index in [-0.39, 0.29) is 12.4 Å². The Morgan fingerprint density at radius 1 is 1.60 bits per heavy atom. The molecule has 0 amide bonds. The van der Waals surface area contributed by atoms with Crippen LogP contribution < -0.4 is 5.32 Å². The third-order valence-electron chi connectivity index (χ3n) is 2.72. The van der Waals surface area contributed by atoms with E-state index in [1.54, 1.807) is 0 Å². The van der Waals surface area contributed by atoms with E-state index in [1.165, 1.54) is 12.8 Å². The summed E-state index contributed by atoms with van der Waals surface area (Å²) in [6.45, 7) is 2.60. The summed E-state index contributed by atoms with van der Waals surface area (Å²) in [6, 6.07) is 1.13. The fraction of sp³-hybridized carbons (Fsp3) is 1.00. The molecule has 2 nitrogen and oxygen atoms in total. The van der Waals surface area contributed by atoms with Crippen LogP contribution in [0.2, 0.25) is 0 Å². The van der Waals surface area contributed by atoms with E-state index in [1.807, 2.05) is 0 Å². The molecule has 2 fully saturated rings. The Labute approximate surface area is 67.4 Å². The molecule has 3 atom stereocenters. The van der Waals surface area contributed by atoms with Crippen LogP contribution in [-0.2, 0) is 0 Å². The molecule has 0 spiro atoms. The summed E-state index contributed by atoms with van der Waals surface area (Å²) in [5.74, 6) is 0. The molecule has 1 saturated heterocycles. The molecule has 0 aromatic rings. The molecule has 3 heteroatoms. The minimum atomic E-state index is 0. The van der Waals surface area contributed by atoms with E-state index in [0.717, 1.165) is 6.04 Å².